The molecule has 30 heavy (non-hydrogen) atoms. The van der Waals surface area contributed by atoms with Gasteiger partial charge in [-0.15, -0.1) is 0 Å². The molecule has 0 spiro atoms. The summed E-state index contributed by atoms with van der Waals surface area (Å²) in [5.41, 5.74) is 3.71. The number of rotatable bonds is 7. The van der Waals surface area contributed by atoms with Gasteiger partial charge in [0, 0.05) is 34.0 Å². The number of aryl methyl sites for hydroxylation is 1. The van der Waals surface area contributed by atoms with Crippen LogP contribution in [0.1, 0.15) is 11.1 Å². The van der Waals surface area contributed by atoms with Crippen molar-refractivity contribution in [2.24, 2.45) is 0 Å². The molecular weight excluding hydrogens is 448 g/mol. The van der Waals surface area contributed by atoms with Gasteiger partial charge >= 0.3 is 0 Å². The second kappa shape index (κ2) is 9.09. The van der Waals surface area contributed by atoms with E-state index in [1.165, 1.54) is 0 Å². The topological polar surface area (TPSA) is 68.8 Å². The highest BCUT2D eigenvalue weighted by molar-refractivity contribution is 9.10. The molecule has 0 unspecified atom stereocenters. The Balaban J connectivity index is 1.37. The SMILES string of the molecule is Cc1ccc(NC(=O)COc2ccc(Br)cc2CNc2ccc3c(c2)OCO3)cc1. The molecule has 1 aliphatic rings. The van der Waals surface area contributed by atoms with Gasteiger partial charge in [-0.1, -0.05) is 33.6 Å². The van der Waals surface area contributed by atoms with Crippen molar-refractivity contribution in [1.82, 2.24) is 0 Å². The maximum absolute atomic E-state index is 12.2. The van der Waals surface area contributed by atoms with Crippen LogP contribution in [0, 0.1) is 6.92 Å². The number of carbonyl (C=O) groups is 1. The summed E-state index contributed by atoms with van der Waals surface area (Å²) >= 11 is 3.49. The molecule has 6 nitrogen and oxygen atoms in total. The van der Waals surface area contributed by atoms with Gasteiger partial charge in [0.2, 0.25) is 6.79 Å². The fourth-order valence-corrected chi connectivity index (χ4v) is 3.42. The standard InChI is InChI=1S/C23H21BrN2O4/c1-15-2-5-18(6-3-15)26-23(27)13-28-20-8-4-17(24)10-16(20)12-25-19-7-9-21-22(11-19)30-14-29-21/h2-11,25H,12-14H2,1H3,(H,26,27). The lowest BCUT2D eigenvalue weighted by atomic mass is 10.2. The van der Waals surface area contributed by atoms with E-state index in [1.807, 2.05) is 67.6 Å². The lowest BCUT2D eigenvalue weighted by Gasteiger charge is -2.14. The number of anilines is 2. The molecule has 0 fully saturated rings. The van der Waals surface area contributed by atoms with Crippen LogP contribution in [-0.4, -0.2) is 19.3 Å². The summed E-state index contributed by atoms with van der Waals surface area (Å²) in [4.78, 5) is 12.2. The van der Waals surface area contributed by atoms with Gasteiger partial charge in [-0.3, -0.25) is 4.79 Å². The van der Waals surface area contributed by atoms with Crippen molar-refractivity contribution in [2.45, 2.75) is 13.5 Å². The van der Waals surface area contributed by atoms with Gasteiger partial charge in [-0.2, -0.15) is 0 Å². The van der Waals surface area contributed by atoms with Crippen LogP contribution in [0.4, 0.5) is 11.4 Å². The average molecular weight is 469 g/mol. The minimum Gasteiger partial charge on any atom is -0.483 e. The highest BCUT2D eigenvalue weighted by atomic mass is 79.9. The summed E-state index contributed by atoms with van der Waals surface area (Å²) in [5.74, 6) is 1.90. The quantitative estimate of drug-likeness (QED) is 0.503. The molecule has 154 valence electrons. The zero-order valence-electron chi connectivity index (χ0n) is 16.4. The number of fused-ring (bicyclic) bond motifs is 1. The molecule has 3 aromatic carbocycles. The maximum atomic E-state index is 12.2. The minimum atomic E-state index is -0.212. The Bertz CT molecular complexity index is 1050. The van der Waals surface area contributed by atoms with E-state index in [0.717, 1.165) is 38.5 Å². The molecule has 1 aliphatic heterocycles. The van der Waals surface area contributed by atoms with E-state index in [9.17, 15) is 4.79 Å². The van der Waals surface area contributed by atoms with Crippen molar-refractivity contribution in [2.75, 3.05) is 24.0 Å². The summed E-state index contributed by atoms with van der Waals surface area (Å²) in [7, 11) is 0. The highest BCUT2D eigenvalue weighted by Gasteiger charge is 2.14. The number of nitrogens with one attached hydrogen (secondary N) is 2. The second-order valence-electron chi connectivity index (χ2n) is 6.88. The van der Waals surface area contributed by atoms with Gasteiger partial charge < -0.3 is 24.8 Å². The van der Waals surface area contributed by atoms with E-state index in [2.05, 4.69) is 26.6 Å². The van der Waals surface area contributed by atoms with Crippen LogP contribution in [0.2, 0.25) is 0 Å². The molecule has 0 bridgehead atoms. The zero-order chi connectivity index (χ0) is 20.9. The van der Waals surface area contributed by atoms with E-state index in [0.29, 0.717) is 12.3 Å². The molecule has 7 heteroatoms. The lowest BCUT2D eigenvalue weighted by molar-refractivity contribution is -0.118. The Morgan fingerprint density at radius 2 is 1.77 bits per heavy atom. The van der Waals surface area contributed by atoms with E-state index in [-0.39, 0.29) is 19.3 Å². The number of benzene rings is 3. The summed E-state index contributed by atoms with van der Waals surface area (Å²) < 4.78 is 17.5. The van der Waals surface area contributed by atoms with Gasteiger partial charge in [0.25, 0.3) is 5.91 Å². The Labute approximate surface area is 183 Å². The average Bonchev–Trinajstić information content (AvgIpc) is 3.21. The van der Waals surface area contributed by atoms with Crippen molar-refractivity contribution in [1.29, 1.82) is 0 Å². The number of carbonyl (C=O) groups excluding carboxylic acids is 1. The first kappa shape index (κ1) is 20.1. The second-order valence-corrected chi connectivity index (χ2v) is 7.79. The molecule has 0 saturated heterocycles. The van der Waals surface area contributed by atoms with Crippen LogP contribution in [0.3, 0.4) is 0 Å². The number of hydrogen-bond donors (Lipinski definition) is 2. The first-order chi connectivity index (χ1) is 14.6. The molecule has 4 rings (SSSR count). The van der Waals surface area contributed by atoms with Crippen LogP contribution >= 0.6 is 15.9 Å². The molecule has 2 N–H and O–H groups in total. The van der Waals surface area contributed by atoms with Crippen molar-refractivity contribution >= 4 is 33.2 Å². The monoisotopic (exact) mass is 468 g/mol. The molecular formula is C23H21BrN2O4. The molecule has 0 aliphatic carbocycles. The summed E-state index contributed by atoms with van der Waals surface area (Å²) in [6, 6.07) is 19.0. The molecule has 3 aromatic rings. The molecule has 1 amide bonds. The first-order valence-electron chi connectivity index (χ1n) is 9.48. The number of amides is 1. The molecule has 0 saturated carbocycles. The fraction of sp³-hybridized carbons (Fsp3) is 0.174. The minimum absolute atomic E-state index is 0.0769. The van der Waals surface area contributed by atoms with Gasteiger partial charge in [0.1, 0.15) is 5.75 Å². The van der Waals surface area contributed by atoms with E-state index >= 15 is 0 Å². The maximum Gasteiger partial charge on any atom is 0.262 e. The fourth-order valence-electron chi connectivity index (χ4n) is 3.01. The van der Waals surface area contributed by atoms with Crippen LogP contribution in [0.25, 0.3) is 0 Å². The van der Waals surface area contributed by atoms with Crippen molar-refractivity contribution < 1.29 is 19.0 Å². The normalized spacial score (nSPS) is 11.8. The smallest absolute Gasteiger partial charge is 0.262 e. The largest absolute Gasteiger partial charge is 0.483 e. The van der Waals surface area contributed by atoms with Gasteiger partial charge in [-0.05, 0) is 49.4 Å². The Kier molecular flexibility index (Phi) is 6.09. The molecule has 0 aromatic heterocycles. The van der Waals surface area contributed by atoms with Gasteiger partial charge in [-0.25, -0.2) is 0 Å². The number of hydrogen-bond acceptors (Lipinski definition) is 5. The number of halogens is 1. The Morgan fingerprint density at radius 3 is 2.60 bits per heavy atom. The highest BCUT2D eigenvalue weighted by Crippen LogP contribution is 2.34. The predicted molar refractivity (Wildman–Crippen MR) is 119 cm³/mol. The summed E-state index contributed by atoms with van der Waals surface area (Å²) in [5, 5.41) is 6.19. The van der Waals surface area contributed by atoms with Crippen molar-refractivity contribution in [3.8, 4) is 17.2 Å². The Hall–Kier alpha value is -3.19. The van der Waals surface area contributed by atoms with Crippen LogP contribution in [-0.2, 0) is 11.3 Å². The summed E-state index contributed by atoms with van der Waals surface area (Å²) in [6.07, 6.45) is 0. The van der Waals surface area contributed by atoms with Crippen LogP contribution < -0.4 is 24.8 Å². The summed E-state index contributed by atoms with van der Waals surface area (Å²) in [6.45, 7) is 2.69. The van der Waals surface area contributed by atoms with Crippen molar-refractivity contribution in [3.63, 3.8) is 0 Å². The van der Waals surface area contributed by atoms with Gasteiger partial charge in [0.05, 0.1) is 0 Å². The first-order valence-corrected chi connectivity index (χ1v) is 10.3. The zero-order valence-corrected chi connectivity index (χ0v) is 18.0. The van der Waals surface area contributed by atoms with Gasteiger partial charge in [0.15, 0.2) is 18.1 Å². The Morgan fingerprint density at radius 1 is 1.00 bits per heavy atom. The molecule has 0 radical (unpaired) electrons. The third-order valence-corrected chi connectivity index (χ3v) is 5.07. The van der Waals surface area contributed by atoms with E-state index in [4.69, 9.17) is 14.2 Å². The van der Waals surface area contributed by atoms with E-state index in [1.54, 1.807) is 0 Å². The number of ether oxygens (including phenoxy) is 3. The predicted octanol–water partition coefficient (Wildman–Crippen LogP) is 5.12. The lowest BCUT2D eigenvalue weighted by Crippen LogP contribution is -2.20. The van der Waals surface area contributed by atoms with Crippen LogP contribution in [0.5, 0.6) is 17.2 Å². The third-order valence-electron chi connectivity index (χ3n) is 4.57. The van der Waals surface area contributed by atoms with Crippen LogP contribution in [0.15, 0.2) is 65.1 Å². The van der Waals surface area contributed by atoms with E-state index < -0.39 is 0 Å². The molecule has 1 heterocycles. The molecule has 0 atom stereocenters. The third kappa shape index (κ3) is 5.04. The van der Waals surface area contributed by atoms with Crippen molar-refractivity contribution in [3.05, 3.63) is 76.3 Å².